The van der Waals surface area contributed by atoms with E-state index in [0.717, 1.165) is 0 Å². The summed E-state index contributed by atoms with van der Waals surface area (Å²) in [7, 11) is 1.76. The molecule has 0 fully saturated rings. The molecule has 0 aliphatic rings. The second-order valence-corrected chi connectivity index (χ2v) is 6.53. The summed E-state index contributed by atoms with van der Waals surface area (Å²) in [4.78, 5) is 47.5. The lowest BCUT2D eigenvalue weighted by atomic mass is 10.1. The lowest BCUT2D eigenvalue weighted by Gasteiger charge is -2.08. The molecule has 28 heavy (non-hydrogen) atoms. The second kappa shape index (κ2) is 7.99. The van der Waals surface area contributed by atoms with Gasteiger partial charge in [-0.1, -0.05) is 0 Å². The normalized spacial score (nSPS) is 10.7. The minimum Gasteiger partial charge on any atom is -0.331 e. The van der Waals surface area contributed by atoms with Crippen LogP contribution in [0.5, 0.6) is 0 Å². The molecule has 0 bridgehead atoms. The van der Waals surface area contributed by atoms with Crippen molar-refractivity contribution in [3.63, 3.8) is 0 Å². The minimum atomic E-state index is -0.220. The van der Waals surface area contributed by atoms with Crippen molar-refractivity contribution in [3.8, 4) is 0 Å². The van der Waals surface area contributed by atoms with Gasteiger partial charge in [-0.15, -0.1) is 0 Å². The number of benzene rings is 1. The molecule has 8 nitrogen and oxygen atoms in total. The predicted molar refractivity (Wildman–Crippen MR) is 104 cm³/mol. The lowest BCUT2D eigenvalue weighted by molar-refractivity contribution is -0.116. The van der Waals surface area contributed by atoms with E-state index in [0.29, 0.717) is 40.6 Å². The number of carbonyl (C=O) groups excluding carboxylic acids is 2. The van der Waals surface area contributed by atoms with E-state index in [2.05, 4.69) is 20.3 Å². The molecule has 3 rings (SSSR count). The van der Waals surface area contributed by atoms with Gasteiger partial charge in [-0.05, 0) is 44.5 Å². The van der Waals surface area contributed by atoms with Crippen molar-refractivity contribution in [1.82, 2.24) is 19.5 Å². The van der Waals surface area contributed by atoms with Gasteiger partial charge >= 0.3 is 0 Å². The lowest BCUT2D eigenvalue weighted by Crippen LogP contribution is -2.20. The first-order chi connectivity index (χ1) is 13.3. The van der Waals surface area contributed by atoms with Crippen LogP contribution >= 0.6 is 0 Å². The van der Waals surface area contributed by atoms with Gasteiger partial charge in [0.2, 0.25) is 11.7 Å². The van der Waals surface area contributed by atoms with E-state index in [-0.39, 0.29) is 23.7 Å². The van der Waals surface area contributed by atoms with E-state index in [1.165, 1.54) is 0 Å². The number of hydrogen-bond donors (Lipinski definition) is 2. The quantitative estimate of drug-likeness (QED) is 0.636. The fourth-order valence-electron chi connectivity index (χ4n) is 2.93. The summed E-state index contributed by atoms with van der Waals surface area (Å²) >= 11 is 0. The Morgan fingerprint density at radius 1 is 1.18 bits per heavy atom. The van der Waals surface area contributed by atoms with Gasteiger partial charge in [0.1, 0.15) is 5.82 Å². The molecule has 1 aromatic carbocycles. The Morgan fingerprint density at radius 2 is 1.89 bits per heavy atom. The van der Waals surface area contributed by atoms with Crippen LogP contribution in [-0.4, -0.2) is 31.2 Å². The van der Waals surface area contributed by atoms with Crippen molar-refractivity contribution in [2.24, 2.45) is 7.05 Å². The molecule has 0 saturated heterocycles. The van der Waals surface area contributed by atoms with Crippen LogP contribution in [0.25, 0.3) is 0 Å². The van der Waals surface area contributed by atoms with Gasteiger partial charge in [-0.2, -0.15) is 0 Å². The maximum absolute atomic E-state index is 12.4. The Hall–Kier alpha value is -3.55. The van der Waals surface area contributed by atoms with Crippen LogP contribution < -0.4 is 10.9 Å². The molecule has 0 radical (unpaired) electrons. The molecular weight excluding hydrogens is 358 g/mol. The monoisotopic (exact) mass is 379 g/mol. The number of ketones is 1. The molecular formula is C20H21N5O3. The summed E-state index contributed by atoms with van der Waals surface area (Å²) in [6.07, 6.45) is 3.73. The number of anilines is 1. The summed E-state index contributed by atoms with van der Waals surface area (Å²) in [5.41, 5.74) is 1.99. The average Bonchev–Trinajstić information content (AvgIpc) is 3.07. The number of rotatable bonds is 6. The molecule has 144 valence electrons. The highest BCUT2D eigenvalue weighted by Gasteiger charge is 2.14. The summed E-state index contributed by atoms with van der Waals surface area (Å²) in [5, 5.41) is 2.77. The number of aromatic amines is 1. The van der Waals surface area contributed by atoms with Gasteiger partial charge in [0, 0.05) is 48.4 Å². The molecule has 0 aliphatic carbocycles. The molecule has 0 saturated carbocycles. The fourth-order valence-corrected chi connectivity index (χ4v) is 2.93. The van der Waals surface area contributed by atoms with E-state index in [9.17, 15) is 14.4 Å². The van der Waals surface area contributed by atoms with Gasteiger partial charge in [0.05, 0.1) is 0 Å². The van der Waals surface area contributed by atoms with Gasteiger partial charge in [-0.25, -0.2) is 9.97 Å². The summed E-state index contributed by atoms with van der Waals surface area (Å²) < 4.78 is 1.65. The Balaban J connectivity index is 1.61. The third-order valence-corrected chi connectivity index (χ3v) is 4.40. The molecule has 2 N–H and O–H groups in total. The molecule has 0 unspecified atom stereocenters. The van der Waals surface area contributed by atoms with Gasteiger partial charge < -0.3 is 14.9 Å². The van der Waals surface area contributed by atoms with Gasteiger partial charge in [0.15, 0.2) is 5.82 Å². The van der Waals surface area contributed by atoms with Crippen LogP contribution in [0, 0.1) is 13.8 Å². The van der Waals surface area contributed by atoms with Crippen molar-refractivity contribution in [2.75, 3.05) is 5.32 Å². The largest absolute Gasteiger partial charge is 0.331 e. The number of amides is 1. The van der Waals surface area contributed by atoms with E-state index < -0.39 is 0 Å². The zero-order valence-electron chi connectivity index (χ0n) is 15.9. The van der Waals surface area contributed by atoms with Crippen molar-refractivity contribution in [3.05, 3.63) is 75.5 Å². The first kappa shape index (κ1) is 19.2. The Bertz CT molecular complexity index is 1080. The number of nitrogens with zero attached hydrogens (tertiary/aromatic N) is 3. The molecule has 1 amide bonds. The molecule has 2 heterocycles. The number of nitrogens with one attached hydrogen (secondary N) is 2. The van der Waals surface area contributed by atoms with Crippen molar-refractivity contribution >= 4 is 17.4 Å². The Labute approximate surface area is 161 Å². The molecule has 2 aromatic heterocycles. The van der Waals surface area contributed by atoms with Crippen molar-refractivity contribution in [1.29, 1.82) is 0 Å². The standard InChI is InChI=1S/C20H21N5O3/c1-12-16(20(28)23-13(2)22-12)8-9-17(26)24-15-6-4-14(5-7-15)18(27)19-21-10-11-25(19)3/h4-7,10-11H,8-9H2,1-3H3,(H,24,26)(H,22,23,28). The number of H-pyrrole nitrogens is 1. The highest BCUT2D eigenvalue weighted by atomic mass is 16.2. The van der Waals surface area contributed by atoms with Crippen LogP contribution in [0.15, 0.2) is 41.5 Å². The number of imidazole rings is 1. The van der Waals surface area contributed by atoms with Crippen LogP contribution in [0.3, 0.4) is 0 Å². The highest BCUT2D eigenvalue weighted by molar-refractivity contribution is 6.07. The first-order valence-corrected chi connectivity index (χ1v) is 8.83. The van der Waals surface area contributed by atoms with Crippen molar-refractivity contribution in [2.45, 2.75) is 26.7 Å². The van der Waals surface area contributed by atoms with Crippen LogP contribution in [0.1, 0.15) is 39.7 Å². The van der Waals surface area contributed by atoms with E-state index in [1.807, 2.05) is 0 Å². The number of aryl methyl sites for hydroxylation is 3. The second-order valence-electron chi connectivity index (χ2n) is 6.53. The maximum Gasteiger partial charge on any atom is 0.254 e. The third-order valence-electron chi connectivity index (χ3n) is 4.40. The highest BCUT2D eigenvalue weighted by Crippen LogP contribution is 2.13. The SMILES string of the molecule is Cc1nc(C)c(CCC(=O)Nc2ccc(C(=O)c3nccn3C)cc2)c(=O)[nH]1. The van der Waals surface area contributed by atoms with Crippen LogP contribution in [0.2, 0.25) is 0 Å². The fraction of sp³-hybridized carbons (Fsp3) is 0.250. The topological polar surface area (TPSA) is 110 Å². The van der Waals surface area contributed by atoms with Crippen molar-refractivity contribution < 1.29 is 9.59 Å². The smallest absolute Gasteiger partial charge is 0.254 e. The number of hydrogen-bond acceptors (Lipinski definition) is 5. The molecule has 0 atom stereocenters. The van der Waals surface area contributed by atoms with Crippen LogP contribution in [-0.2, 0) is 18.3 Å². The predicted octanol–water partition coefficient (Wildman–Crippen LogP) is 1.92. The van der Waals surface area contributed by atoms with Crippen LogP contribution in [0.4, 0.5) is 5.69 Å². The molecule has 0 aliphatic heterocycles. The van der Waals surface area contributed by atoms with Gasteiger partial charge in [0.25, 0.3) is 5.56 Å². The molecule has 3 aromatic rings. The summed E-state index contributed by atoms with van der Waals surface area (Å²) in [5.74, 6) is 0.495. The minimum absolute atomic E-state index is 0.155. The Kier molecular flexibility index (Phi) is 5.49. The van der Waals surface area contributed by atoms with E-state index in [1.54, 1.807) is 62.1 Å². The molecule has 0 spiro atoms. The number of carbonyl (C=O) groups is 2. The number of aromatic nitrogens is 4. The molecule has 8 heteroatoms. The maximum atomic E-state index is 12.4. The van der Waals surface area contributed by atoms with E-state index >= 15 is 0 Å². The Morgan fingerprint density at radius 3 is 2.50 bits per heavy atom. The summed E-state index contributed by atoms with van der Waals surface area (Å²) in [6, 6.07) is 6.62. The zero-order valence-corrected chi connectivity index (χ0v) is 15.9. The van der Waals surface area contributed by atoms with Gasteiger partial charge in [-0.3, -0.25) is 14.4 Å². The summed E-state index contributed by atoms with van der Waals surface area (Å²) in [6.45, 7) is 3.47. The van der Waals surface area contributed by atoms with E-state index in [4.69, 9.17) is 0 Å². The average molecular weight is 379 g/mol. The third kappa shape index (κ3) is 4.22. The zero-order chi connectivity index (χ0) is 20.3. The first-order valence-electron chi connectivity index (χ1n) is 8.83.